The molecule has 2 aliphatic heterocycles. The molecule has 5 rings (SSSR count). The van der Waals surface area contributed by atoms with Gasteiger partial charge in [-0.3, -0.25) is 19.3 Å². The number of hydrogen-bond acceptors (Lipinski definition) is 6. The third-order valence-corrected chi connectivity index (χ3v) is 9.07. The van der Waals surface area contributed by atoms with Crippen molar-refractivity contribution in [2.75, 3.05) is 32.7 Å². The summed E-state index contributed by atoms with van der Waals surface area (Å²) >= 11 is 12.5. The van der Waals surface area contributed by atoms with E-state index in [0.717, 1.165) is 16.7 Å². The molecule has 9 nitrogen and oxygen atoms in total. The number of rotatable bonds is 10. The Kier molecular flexibility index (Phi) is 11.0. The van der Waals surface area contributed by atoms with E-state index in [1.807, 2.05) is 48.2 Å². The molecule has 2 fully saturated rings. The molecule has 2 aliphatic rings. The number of morpholine rings is 1. The molecule has 240 valence electrons. The molecule has 1 N–H and O–H groups in total. The molecule has 2 saturated heterocycles. The number of carbonyl (C=O) groups excluding carboxylic acids is 2. The molecule has 0 spiro atoms. The molecule has 3 aromatic rings. The number of hydrogen-bond donors (Lipinski definition) is 1. The molecule has 2 amide bonds. The van der Waals surface area contributed by atoms with Crippen molar-refractivity contribution >= 4 is 41.0 Å². The van der Waals surface area contributed by atoms with Crippen LogP contribution in [0.25, 0.3) is 0 Å². The highest BCUT2D eigenvalue weighted by Crippen LogP contribution is 2.45. The number of halogens is 2. The third-order valence-electron chi connectivity index (χ3n) is 8.57. The first kappa shape index (κ1) is 33.4. The predicted octanol–water partition coefficient (Wildman–Crippen LogP) is 5.52. The summed E-state index contributed by atoms with van der Waals surface area (Å²) in [4.78, 5) is 45.6. The Labute approximate surface area is 278 Å². The van der Waals surface area contributed by atoms with Crippen molar-refractivity contribution in [3.8, 4) is 6.07 Å². The number of amides is 2. The van der Waals surface area contributed by atoms with Gasteiger partial charge in [0.05, 0.1) is 24.2 Å². The Hall–Kier alpha value is -3.94. The summed E-state index contributed by atoms with van der Waals surface area (Å²) in [6, 6.07) is 22.3. The average Bonchev–Trinajstić information content (AvgIpc) is 3.05. The van der Waals surface area contributed by atoms with Crippen molar-refractivity contribution < 1.29 is 24.2 Å². The van der Waals surface area contributed by atoms with Crippen LogP contribution in [0.1, 0.15) is 54.2 Å². The van der Waals surface area contributed by atoms with Crippen molar-refractivity contribution in [3.63, 3.8) is 0 Å². The molecule has 2 heterocycles. The van der Waals surface area contributed by atoms with Crippen LogP contribution in [-0.2, 0) is 25.5 Å². The molecule has 3 aromatic carbocycles. The largest absolute Gasteiger partial charge is 0.480 e. The monoisotopic (exact) mass is 662 g/mol. The fourth-order valence-corrected chi connectivity index (χ4v) is 6.52. The first-order chi connectivity index (χ1) is 22.2. The summed E-state index contributed by atoms with van der Waals surface area (Å²) in [5, 5.41) is 19.6. The van der Waals surface area contributed by atoms with E-state index in [9.17, 15) is 24.8 Å². The maximum Gasteiger partial charge on any atom is 0.317 e. The summed E-state index contributed by atoms with van der Waals surface area (Å²) in [6.45, 7) is 3.50. The second-order valence-corrected chi connectivity index (χ2v) is 12.5. The minimum atomic E-state index is -0.907. The number of carboxylic acids is 1. The number of nitriles is 1. The van der Waals surface area contributed by atoms with Crippen molar-refractivity contribution in [1.82, 2.24) is 14.7 Å². The summed E-state index contributed by atoms with van der Waals surface area (Å²) in [6.07, 6.45) is -0.213. The van der Waals surface area contributed by atoms with Gasteiger partial charge in [-0.25, -0.2) is 0 Å². The molecule has 0 bridgehead atoms. The SMILES string of the molecule is CCC[C@@H](C(=O)N1CCN(CC(=O)O)CC1)N1C(=O)[C@@H](Cc2ccc(C#N)cc2)O[C@H](c2ccc(Cl)cc2)[C@@H]1c1ccc(Cl)cc1. The average molecular weight is 664 g/mol. The fraction of sp³-hybridized carbons (Fsp3) is 0.371. The minimum absolute atomic E-state index is 0.0825. The zero-order valence-electron chi connectivity index (χ0n) is 25.5. The van der Waals surface area contributed by atoms with Crippen LogP contribution >= 0.6 is 23.2 Å². The number of piperazine rings is 1. The van der Waals surface area contributed by atoms with Crippen LogP contribution in [0.3, 0.4) is 0 Å². The van der Waals surface area contributed by atoms with E-state index < -0.39 is 30.3 Å². The lowest BCUT2D eigenvalue weighted by Gasteiger charge is -2.49. The van der Waals surface area contributed by atoms with E-state index in [1.165, 1.54) is 0 Å². The van der Waals surface area contributed by atoms with E-state index in [0.29, 0.717) is 54.6 Å². The Morgan fingerprint density at radius 2 is 1.52 bits per heavy atom. The van der Waals surface area contributed by atoms with Crippen LogP contribution in [0, 0.1) is 11.3 Å². The van der Waals surface area contributed by atoms with Gasteiger partial charge >= 0.3 is 5.97 Å². The van der Waals surface area contributed by atoms with Gasteiger partial charge in [-0.1, -0.05) is 72.9 Å². The van der Waals surface area contributed by atoms with Crippen LogP contribution in [0.15, 0.2) is 72.8 Å². The van der Waals surface area contributed by atoms with Gasteiger partial charge in [-0.2, -0.15) is 5.26 Å². The predicted molar refractivity (Wildman–Crippen MR) is 174 cm³/mol. The van der Waals surface area contributed by atoms with Gasteiger partial charge in [0.25, 0.3) is 5.91 Å². The van der Waals surface area contributed by atoms with Gasteiger partial charge in [-0.05, 0) is 59.5 Å². The molecule has 11 heteroatoms. The fourth-order valence-electron chi connectivity index (χ4n) is 6.26. The first-order valence-corrected chi connectivity index (χ1v) is 16.1. The van der Waals surface area contributed by atoms with Crippen molar-refractivity contribution in [3.05, 3.63) is 105 Å². The normalized spacial score (nSPS) is 21.1. The van der Waals surface area contributed by atoms with Crippen molar-refractivity contribution in [2.24, 2.45) is 0 Å². The summed E-state index contributed by atoms with van der Waals surface area (Å²) in [5.41, 5.74) is 2.91. The van der Waals surface area contributed by atoms with Gasteiger partial charge in [0.15, 0.2) is 0 Å². The molecule has 46 heavy (non-hydrogen) atoms. The van der Waals surface area contributed by atoms with Crippen LogP contribution in [0.2, 0.25) is 10.0 Å². The van der Waals surface area contributed by atoms with Gasteiger partial charge in [0.2, 0.25) is 5.91 Å². The second kappa shape index (κ2) is 15.1. The lowest BCUT2D eigenvalue weighted by molar-refractivity contribution is -0.183. The molecular weight excluding hydrogens is 627 g/mol. The van der Waals surface area contributed by atoms with E-state index in [4.69, 9.17) is 27.9 Å². The van der Waals surface area contributed by atoms with E-state index >= 15 is 0 Å². The number of aliphatic carboxylic acids is 1. The number of carboxylic acid groups (broad SMARTS) is 1. The number of nitrogens with zero attached hydrogens (tertiary/aromatic N) is 4. The third kappa shape index (κ3) is 7.71. The van der Waals surface area contributed by atoms with Crippen molar-refractivity contribution in [2.45, 2.75) is 50.5 Å². The van der Waals surface area contributed by atoms with E-state index in [2.05, 4.69) is 6.07 Å². The molecule has 0 aromatic heterocycles. The maximum atomic E-state index is 14.7. The van der Waals surface area contributed by atoms with Crippen LogP contribution in [-0.4, -0.2) is 82.5 Å². The van der Waals surface area contributed by atoms with Gasteiger partial charge < -0.3 is 19.6 Å². The molecule has 0 unspecified atom stereocenters. The van der Waals surface area contributed by atoms with E-state index in [1.54, 1.807) is 46.2 Å². The van der Waals surface area contributed by atoms with Gasteiger partial charge in [-0.15, -0.1) is 0 Å². The quantitative estimate of drug-likeness (QED) is 0.304. The van der Waals surface area contributed by atoms with E-state index in [-0.39, 0.29) is 24.8 Å². The number of benzene rings is 3. The van der Waals surface area contributed by atoms with Crippen LogP contribution in [0.5, 0.6) is 0 Å². The molecule has 4 atom stereocenters. The highest BCUT2D eigenvalue weighted by atomic mass is 35.5. The highest BCUT2D eigenvalue weighted by molar-refractivity contribution is 6.30. The Balaban J connectivity index is 1.57. The highest BCUT2D eigenvalue weighted by Gasteiger charge is 2.49. The molecule has 0 aliphatic carbocycles. The summed E-state index contributed by atoms with van der Waals surface area (Å²) in [5.74, 6) is -1.38. The molecule has 0 saturated carbocycles. The topological polar surface area (TPSA) is 114 Å². The minimum Gasteiger partial charge on any atom is -0.480 e. The van der Waals surface area contributed by atoms with Gasteiger partial charge in [0.1, 0.15) is 18.2 Å². The zero-order valence-corrected chi connectivity index (χ0v) is 27.0. The standard InChI is InChI=1S/C35H36Cl2N4O5/c1-2-3-29(34(44)40-18-16-39(17-19-40)22-31(42)43)41-32(25-8-12-27(36)13-9-25)33(26-10-14-28(37)15-11-26)46-30(35(41)45)20-23-4-6-24(21-38)7-5-23/h4-15,29-30,32-33H,2-3,16-20,22H2,1H3,(H,42,43)/t29-,30+,32-,33+/m0/s1. The zero-order chi connectivity index (χ0) is 32.8. The Bertz CT molecular complexity index is 1570. The van der Waals surface area contributed by atoms with Crippen LogP contribution < -0.4 is 0 Å². The molecular formula is C35H36Cl2N4O5. The second-order valence-electron chi connectivity index (χ2n) is 11.7. The summed E-state index contributed by atoms with van der Waals surface area (Å²) < 4.78 is 6.70. The lowest BCUT2D eigenvalue weighted by Crippen LogP contribution is -2.61. The first-order valence-electron chi connectivity index (χ1n) is 15.4. The maximum absolute atomic E-state index is 14.7. The van der Waals surface area contributed by atoms with Gasteiger partial charge in [0, 0.05) is 42.6 Å². The lowest BCUT2D eigenvalue weighted by atomic mass is 9.88. The smallest absolute Gasteiger partial charge is 0.317 e. The van der Waals surface area contributed by atoms with Crippen molar-refractivity contribution in [1.29, 1.82) is 5.26 Å². The Morgan fingerprint density at radius 3 is 2.07 bits per heavy atom. The Morgan fingerprint density at radius 1 is 0.935 bits per heavy atom. The number of ether oxygens (including phenoxy) is 1. The number of carbonyl (C=O) groups is 3. The molecule has 0 radical (unpaired) electrons. The summed E-state index contributed by atoms with van der Waals surface area (Å²) in [7, 11) is 0. The van der Waals surface area contributed by atoms with Crippen LogP contribution in [0.4, 0.5) is 0 Å².